The Morgan fingerprint density at radius 3 is 3.00 bits per heavy atom. The highest BCUT2D eigenvalue weighted by molar-refractivity contribution is 9.09. The zero-order chi connectivity index (χ0) is 8.10. The first-order chi connectivity index (χ1) is 5.33. The summed E-state index contributed by atoms with van der Waals surface area (Å²) in [5, 5.41) is 4.12. The molecular weight excluding hydrogens is 206 g/mol. The van der Waals surface area contributed by atoms with Crippen LogP contribution in [0.5, 0.6) is 0 Å². The van der Waals surface area contributed by atoms with Gasteiger partial charge in [-0.05, 0) is 12.8 Å². The number of ketones is 1. The SMILES string of the molecule is O=C1C=C(NCCBr)CCC1. The van der Waals surface area contributed by atoms with E-state index in [2.05, 4.69) is 21.2 Å². The second-order valence-corrected chi connectivity index (χ2v) is 3.40. The van der Waals surface area contributed by atoms with Crippen LogP contribution in [0.3, 0.4) is 0 Å². The van der Waals surface area contributed by atoms with Gasteiger partial charge in [-0.3, -0.25) is 4.79 Å². The summed E-state index contributed by atoms with van der Waals surface area (Å²) < 4.78 is 0. The molecule has 0 amide bonds. The summed E-state index contributed by atoms with van der Waals surface area (Å²) in [4.78, 5) is 10.9. The third kappa shape index (κ3) is 3.06. The minimum atomic E-state index is 0.258. The van der Waals surface area contributed by atoms with Gasteiger partial charge in [0, 0.05) is 30.1 Å². The van der Waals surface area contributed by atoms with E-state index in [9.17, 15) is 4.79 Å². The number of alkyl halides is 1. The maximum absolute atomic E-state index is 10.9. The molecule has 0 aromatic carbocycles. The largest absolute Gasteiger partial charge is 0.387 e. The number of halogens is 1. The zero-order valence-electron chi connectivity index (χ0n) is 6.40. The lowest BCUT2D eigenvalue weighted by Gasteiger charge is -2.12. The first-order valence-corrected chi connectivity index (χ1v) is 4.98. The van der Waals surface area contributed by atoms with Gasteiger partial charge in [0.1, 0.15) is 0 Å². The van der Waals surface area contributed by atoms with E-state index in [-0.39, 0.29) is 5.78 Å². The molecule has 0 radical (unpaired) electrons. The number of hydrogen-bond donors (Lipinski definition) is 1. The first-order valence-electron chi connectivity index (χ1n) is 3.86. The summed E-state index contributed by atoms with van der Waals surface area (Å²) in [6.07, 6.45) is 4.48. The van der Waals surface area contributed by atoms with Crippen LogP contribution in [0.2, 0.25) is 0 Å². The maximum Gasteiger partial charge on any atom is 0.157 e. The van der Waals surface area contributed by atoms with Crippen molar-refractivity contribution < 1.29 is 4.79 Å². The van der Waals surface area contributed by atoms with E-state index in [0.717, 1.165) is 36.8 Å². The monoisotopic (exact) mass is 217 g/mol. The first kappa shape index (κ1) is 8.78. The summed E-state index contributed by atoms with van der Waals surface area (Å²) >= 11 is 3.32. The highest BCUT2D eigenvalue weighted by atomic mass is 79.9. The van der Waals surface area contributed by atoms with Crippen LogP contribution in [0.1, 0.15) is 19.3 Å². The van der Waals surface area contributed by atoms with Crippen molar-refractivity contribution in [2.24, 2.45) is 0 Å². The Morgan fingerprint density at radius 1 is 1.55 bits per heavy atom. The van der Waals surface area contributed by atoms with Gasteiger partial charge in [0.25, 0.3) is 0 Å². The molecule has 0 aromatic heterocycles. The zero-order valence-corrected chi connectivity index (χ0v) is 7.99. The lowest BCUT2D eigenvalue weighted by molar-refractivity contribution is -0.115. The molecule has 0 aliphatic heterocycles. The molecule has 0 saturated carbocycles. The molecule has 0 bridgehead atoms. The molecule has 0 heterocycles. The standard InChI is InChI=1S/C8H12BrNO/c9-4-5-10-7-2-1-3-8(11)6-7/h6,10H,1-5H2. The summed E-state index contributed by atoms with van der Waals surface area (Å²) in [7, 11) is 0. The van der Waals surface area contributed by atoms with Crippen molar-refractivity contribution in [1.29, 1.82) is 0 Å². The Balaban J connectivity index is 2.37. The molecule has 1 aliphatic carbocycles. The lowest BCUT2D eigenvalue weighted by Crippen LogP contribution is -2.19. The number of carbonyl (C=O) groups is 1. The van der Waals surface area contributed by atoms with Crippen molar-refractivity contribution >= 4 is 21.7 Å². The molecule has 0 unspecified atom stereocenters. The van der Waals surface area contributed by atoms with Gasteiger partial charge in [0.05, 0.1) is 0 Å². The summed E-state index contributed by atoms with van der Waals surface area (Å²) in [6, 6.07) is 0. The molecule has 1 rings (SSSR count). The molecular formula is C8H12BrNO. The number of hydrogen-bond acceptors (Lipinski definition) is 2. The van der Waals surface area contributed by atoms with E-state index >= 15 is 0 Å². The van der Waals surface area contributed by atoms with Crippen LogP contribution >= 0.6 is 15.9 Å². The van der Waals surface area contributed by atoms with E-state index < -0.39 is 0 Å². The molecule has 0 atom stereocenters. The highest BCUT2D eigenvalue weighted by Gasteiger charge is 2.08. The van der Waals surface area contributed by atoms with E-state index in [1.165, 1.54) is 0 Å². The number of nitrogens with one attached hydrogen (secondary N) is 1. The molecule has 0 aromatic rings. The fourth-order valence-corrected chi connectivity index (χ4v) is 1.34. The van der Waals surface area contributed by atoms with Crippen LogP contribution < -0.4 is 5.32 Å². The van der Waals surface area contributed by atoms with Crippen LogP contribution in [0, 0.1) is 0 Å². The molecule has 62 valence electrons. The van der Waals surface area contributed by atoms with E-state index in [0.29, 0.717) is 0 Å². The van der Waals surface area contributed by atoms with Crippen LogP contribution in [-0.4, -0.2) is 17.7 Å². The number of carbonyl (C=O) groups excluding carboxylic acids is 1. The number of allylic oxidation sites excluding steroid dienone is 2. The highest BCUT2D eigenvalue weighted by Crippen LogP contribution is 2.11. The summed E-state index contributed by atoms with van der Waals surface area (Å²) in [5.41, 5.74) is 1.10. The van der Waals surface area contributed by atoms with Crippen LogP contribution in [-0.2, 0) is 4.79 Å². The third-order valence-electron chi connectivity index (χ3n) is 1.65. The average molecular weight is 218 g/mol. The fraction of sp³-hybridized carbons (Fsp3) is 0.625. The Bertz CT molecular complexity index is 177. The predicted octanol–water partition coefficient (Wildman–Crippen LogP) is 1.61. The second kappa shape index (κ2) is 4.54. The fourth-order valence-electron chi connectivity index (χ4n) is 1.14. The van der Waals surface area contributed by atoms with Gasteiger partial charge in [0.2, 0.25) is 0 Å². The molecule has 0 saturated heterocycles. The van der Waals surface area contributed by atoms with E-state index in [4.69, 9.17) is 0 Å². The van der Waals surface area contributed by atoms with Gasteiger partial charge in [-0.2, -0.15) is 0 Å². The number of rotatable bonds is 3. The van der Waals surface area contributed by atoms with Crippen molar-refractivity contribution in [3.63, 3.8) is 0 Å². The molecule has 1 N–H and O–H groups in total. The van der Waals surface area contributed by atoms with Gasteiger partial charge >= 0.3 is 0 Å². The van der Waals surface area contributed by atoms with Crippen molar-refractivity contribution in [1.82, 2.24) is 5.32 Å². The minimum absolute atomic E-state index is 0.258. The topological polar surface area (TPSA) is 29.1 Å². The third-order valence-corrected chi connectivity index (χ3v) is 2.05. The predicted molar refractivity (Wildman–Crippen MR) is 48.7 cm³/mol. The molecule has 0 fully saturated rings. The normalized spacial score (nSPS) is 17.9. The van der Waals surface area contributed by atoms with Crippen molar-refractivity contribution in [2.45, 2.75) is 19.3 Å². The maximum atomic E-state index is 10.9. The van der Waals surface area contributed by atoms with Crippen molar-refractivity contribution in [3.05, 3.63) is 11.8 Å². The van der Waals surface area contributed by atoms with Gasteiger partial charge in [-0.25, -0.2) is 0 Å². The smallest absolute Gasteiger partial charge is 0.157 e. The van der Waals surface area contributed by atoms with Crippen LogP contribution in [0.4, 0.5) is 0 Å². The molecule has 3 heteroatoms. The Morgan fingerprint density at radius 2 is 2.36 bits per heavy atom. The average Bonchev–Trinajstić information content (AvgIpc) is 2.01. The molecule has 0 spiro atoms. The lowest BCUT2D eigenvalue weighted by atomic mass is 10.0. The van der Waals surface area contributed by atoms with Crippen molar-refractivity contribution in [2.75, 3.05) is 11.9 Å². The summed E-state index contributed by atoms with van der Waals surface area (Å²) in [6.45, 7) is 0.902. The van der Waals surface area contributed by atoms with E-state index in [1.54, 1.807) is 6.08 Å². The van der Waals surface area contributed by atoms with Gasteiger partial charge in [0.15, 0.2) is 5.78 Å². The molecule has 2 nitrogen and oxygen atoms in total. The Hall–Kier alpha value is -0.310. The van der Waals surface area contributed by atoms with Crippen LogP contribution in [0.25, 0.3) is 0 Å². The second-order valence-electron chi connectivity index (χ2n) is 2.61. The van der Waals surface area contributed by atoms with E-state index in [1.807, 2.05) is 0 Å². The van der Waals surface area contributed by atoms with Gasteiger partial charge in [-0.15, -0.1) is 0 Å². The molecule has 11 heavy (non-hydrogen) atoms. The van der Waals surface area contributed by atoms with Crippen LogP contribution in [0.15, 0.2) is 11.8 Å². The molecule has 1 aliphatic rings. The quantitative estimate of drug-likeness (QED) is 0.729. The van der Waals surface area contributed by atoms with Gasteiger partial charge < -0.3 is 5.32 Å². The van der Waals surface area contributed by atoms with Gasteiger partial charge in [-0.1, -0.05) is 15.9 Å². The minimum Gasteiger partial charge on any atom is -0.387 e. The Labute approximate surface area is 75.2 Å². The van der Waals surface area contributed by atoms with Crippen molar-refractivity contribution in [3.8, 4) is 0 Å². The summed E-state index contributed by atoms with van der Waals surface area (Å²) in [5.74, 6) is 0.258. The Kier molecular flexibility index (Phi) is 3.63.